The molecule has 0 aliphatic carbocycles. The van der Waals surface area contributed by atoms with Crippen molar-refractivity contribution in [1.82, 2.24) is 20.4 Å². The van der Waals surface area contributed by atoms with E-state index in [1.807, 2.05) is 6.92 Å². The van der Waals surface area contributed by atoms with Crippen molar-refractivity contribution in [1.29, 1.82) is 0 Å². The zero-order valence-corrected chi connectivity index (χ0v) is 17.4. The molecule has 0 unspecified atom stereocenters. The van der Waals surface area contributed by atoms with E-state index in [0.29, 0.717) is 19.0 Å². The van der Waals surface area contributed by atoms with E-state index in [1.165, 1.54) is 18.0 Å². The lowest BCUT2D eigenvalue weighted by atomic mass is 10.0. The molecule has 0 spiro atoms. The van der Waals surface area contributed by atoms with Gasteiger partial charge in [-0.25, -0.2) is 8.78 Å². The van der Waals surface area contributed by atoms with Gasteiger partial charge in [-0.2, -0.15) is 13.2 Å². The quantitative estimate of drug-likeness (QED) is 0.374. The normalized spacial score (nSPS) is 16.9. The lowest BCUT2D eigenvalue weighted by Gasteiger charge is -2.33. The predicted octanol–water partition coefficient (Wildman–Crippen LogP) is 2.98. The number of hydrogen-bond donors (Lipinski definition) is 2. The molecule has 1 saturated heterocycles. The second kappa shape index (κ2) is 11.5. The van der Waals surface area contributed by atoms with E-state index in [4.69, 9.17) is 0 Å². The summed E-state index contributed by atoms with van der Waals surface area (Å²) < 4.78 is 63.6. The molecule has 0 aromatic heterocycles. The molecule has 1 aliphatic rings. The van der Waals surface area contributed by atoms with Crippen LogP contribution in [0.5, 0.6) is 0 Å². The maximum atomic E-state index is 13.4. The molecule has 10 heteroatoms. The number of aliphatic imine (C=N–C) groups is 1. The summed E-state index contributed by atoms with van der Waals surface area (Å²) in [5, 5.41) is 6.46. The first-order chi connectivity index (χ1) is 14.2. The minimum atomic E-state index is -4.21. The van der Waals surface area contributed by atoms with Gasteiger partial charge in [0.2, 0.25) is 0 Å². The van der Waals surface area contributed by atoms with Gasteiger partial charge in [0.1, 0.15) is 0 Å². The summed E-state index contributed by atoms with van der Waals surface area (Å²) in [4.78, 5) is 7.76. The van der Waals surface area contributed by atoms with E-state index in [0.717, 1.165) is 37.6 Å². The summed E-state index contributed by atoms with van der Waals surface area (Å²) in [5.74, 6) is -1.09. The van der Waals surface area contributed by atoms with Gasteiger partial charge in [0, 0.05) is 38.8 Å². The largest absolute Gasteiger partial charge is 0.401 e. The number of benzene rings is 1. The van der Waals surface area contributed by atoms with Crippen molar-refractivity contribution < 1.29 is 22.0 Å². The maximum absolute atomic E-state index is 13.4. The van der Waals surface area contributed by atoms with E-state index in [-0.39, 0.29) is 19.1 Å². The Kier molecular flexibility index (Phi) is 9.29. The fourth-order valence-corrected chi connectivity index (χ4v) is 3.36. The summed E-state index contributed by atoms with van der Waals surface area (Å²) >= 11 is 0. The van der Waals surface area contributed by atoms with E-state index in [9.17, 15) is 22.0 Å². The molecule has 0 radical (unpaired) electrons. The van der Waals surface area contributed by atoms with Gasteiger partial charge in [-0.15, -0.1) is 0 Å². The maximum Gasteiger partial charge on any atom is 0.401 e. The zero-order valence-electron chi connectivity index (χ0n) is 17.4. The van der Waals surface area contributed by atoms with Gasteiger partial charge in [-0.3, -0.25) is 14.8 Å². The summed E-state index contributed by atoms with van der Waals surface area (Å²) in [6.07, 6.45) is -2.51. The number of rotatable bonds is 8. The number of guanidine groups is 1. The minimum absolute atomic E-state index is 0.192. The Labute approximate surface area is 174 Å². The van der Waals surface area contributed by atoms with Crippen LogP contribution in [0.4, 0.5) is 22.0 Å². The van der Waals surface area contributed by atoms with Crippen LogP contribution in [0, 0.1) is 11.6 Å². The van der Waals surface area contributed by atoms with E-state index in [1.54, 1.807) is 6.07 Å². The van der Waals surface area contributed by atoms with Crippen LogP contribution in [0.15, 0.2) is 23.2 Å². The molecule has 2 N–H and O–H groups in total. The number of likely N-dealkylation sites (N-methyl/N-ethyl adjacent to an activating group) is 1. The SMILES string of the molecule is CCNC(=NCCN(C)CC(F)(F)F)NC1CCN(Cc2ccc(F)c(F)c2)CC1. The molecule has 1 fully saturated rings. The molecule has 0 bridgehead atoms. The molecule has 1 heterocycles. The van der Waals surface area contributed by atoms with Gasteiger partial charge < -0.3 is 10.6 Å². The van der Waals surface area contributed by atoms with Gasteiger partial charge in [0.25, 0.3) is 0 Å². The molecular formula is C20H30F5N5. The first-order valence-corrected chi connectivity index (χ1v) is 10.1. The molecule has 1 aromatic rings. The van der Waals surface area contributed by atoms with Crippen LogP contribution >= 0.6 is 0 Å². The van der Waals surface area contributed by atoms with Crippen LogP contribution in [0.3, 0.4) is 0 Å². The minimum Gasteiger partial charge on any atom is -0.357 e. The number of halogens is 5. The van der Waals surface area contributed by atoms with Gasteiger partial charge in [-0.05, 0) is 44.5 Å². The molecule has 0 atom stereocenters. The fraction of sp³-hybridized carbons (Fsp3) is 0.650. The molecule has 0 saturated carbocycles. The number of alkyl halides is 3. The Morgan fingerprint density at radius 3 is 2.50 bits per heavy atom. The smallest absolute Gasteiger partial charge is 0.357 e. The van der Waals surface area contributed by atoms with Crippen LogP contribution in [0.25, 0.3) is 0 Å². The van der Waals surface area contributed by atoms with Crippen molar-refractivity contribution in [2.75, 3.05) is 46.3 Å². The topological polar surface area (TPSA) is 42.9 Å². The van der Waals surface area contributed by atoms with Crippen molar-refractivity contribution in [3.05, 3.63) is 35.4 Å². The molecule has 170 valence electrons. The first-order valence-electron chi connectivity index (χ1n) is 10.1. The summed E-state index contributed by atoms with van der Waals surface area (Å²) in [5.41, 5.74) is 0.734. The number of nitrogens with one attached hydrogen (secondary N) is 2. The van der Waals surface area contributed by atoms with Crippen LogP contribution in [-0.2, 0) is 6.54 Å². The Morgan fingerprint density at radius 1 is 1.20 bits per heavy atom. The Morgan fingerprint density at radius 2 is 1.90 bits per heavy atom. The van der Waals surface area contributed by atoms with E-state index >= 15 is 0 Å². The average Bonchev–Trinajstić information content (AvgIpc) is 2.65. The van der Waals surface area contributed by atoms with Gasteiger partial charge in [0.05, 0.1) is 13.1 Å². The van der Waals surface area contributed by atoms with Crippen molar-refractivity contribution in [3.63, 3.8) is 0 Å². The third-order valence-electron chi connectivity index (χ3n) is 4.86. The number of piperidine rings is 1. The van der Waals surface area contributed by atoms with Crippen LogP contribution < -0.4 is 10.6 Å². The van der Waals surface area contributed by atoms with Crippen LogP contribution in [-0.4, -0.2) is 74.3 Å². The van der Waals surface area contributed by atoms with Gasteiger partial charge in [0.15, 0.2) is 17.6 Å². The summed E-state index contributed by atoms with van der Waals surface area (Å²) in [6, 6.07) is 4.15. The van der Waals surface area contributed by atoms with E-state index < -0.39 is 24.4 Å². The van der Waals surface area contributed by atoms with Crippen LogP contribution in [0.1, 0.15) is 25.3 Å². The second-order valence-corrected chi connectivity index (χ2v) is 7.56. The standard InChI is InChI=1S/C20H30F5N5/c1-3-26-19(27-8-11-29(2)14-20(23,24)25)28-16-6-9-30(10-7-16)13-15-4-5-17(21)18(22)12-15/h4-5,12,16H,3,6-11,13-14H2,1-2H3,(H2,26,27,28). The van der Waals surface area contributed by atoms with Crippen molar-refractivity contribution >= 4 is 5.96 Å². The first kappa shape index (κ1) is 24.3. The molecule has 5 nitrogen and oxygen atoms in total. The highest BCUT2D eigenvalue weighted by Gasteiger charge is 2.28. The molecule has 2 rings (SSSR count). The molecule has 30 heavy (non-hydrogen) atoms. The lowest BCUT2D eigenvalue weighted by molar-refractivity contribution is -0.142. The van der Waals surface area contributed by atoms with Crippen molar-refractivity contribution in [2.24, 2.45) is 4.99 Å². The molecular weight excluding hydrogens is 405 g/mol. The Hall–Kier alpha value is -1.94. The summed E-state index contributed by atoms with van der Waals surface area (Å²) in [7, 11) is 1.42. The molecule has 1 aromatic carbocycles. The predicted molar refractivity (Wildman–Crippen MR) is 107 cm³/mol. The lowest BCUT2D eigenvalue weighted by Crippen LogP contribution is -2.48. The second-order valence-electron chi connectivity index (χ2n) is 7.56. The third kappa shape index (κ3) is 8.83. The number of nitrogens with zero attached hydrogens (tertiary/aromatic N) is 3. The highest BCUT2D eigenvalue weighted by Crippen LogP contribution is 2.16. The molecule has 0 amide bonds. The average molecular weight is 435 g/mol. The van der Waals surface area contributed by atoms with Crippen molar-refractivity contribution in [3.8, 4) is 0 Å². The third-order valence-corrected chi connectivity index (χ3v) is 4.86. The zero-order chi connectivity index (χ0) is 22.1. The van der Waals surface area contributed by atoms with E-state index in [2.05, 4.69) is 20.5 Å². The monoisotopic (exact) mass is 435 g/mol. The van der Waals surface area contributed by atoms with Gasteiger partial charge >= 0.3 is 6.18 Å². The highest BCUT2D eigenvalue weighted by atomic mass is 19.4. The number of likely N-dealkylation sites (tertiary alicyclic amines) is 1. The number of hydrogen-bond acceptors (Lipinski definition) is 3. The Bertz CT molecular complexity index is 687. The fourth-order valence-electron chi connectivity index (χ4n) is 3.36. The molecule has 1 aliphatic heterocycles. The highest BCUT2D eigenvalue weighted by molar-refractivity contribution is 5.80. The van der Waals surface area contributed by atoms with Crippen molar-refractivity contribution in [2.45, 2.75) is 38.5 Å². The Balaban J connectivity index is 1.78. The summed E-state index contributed by atoms with van der Waals surface area (Å²) in [6.45, 7) is 4.25. The van der Waals surface area contributed by atoms with Gasteiger partial charge in [-0.1, -0.05) is 6.07 Å². The van der Waals surface area contributed by atoms with Crippen LogP contribution in [0.2, 0.25) is 0 Å².